The van der Waals surface area contributed by atoms with Crippen LogP contribution in [0.3, 0.4) is 0 Å². The number of nitrogens with one attached hydrogen (secondary N) is 2. The number of para-hydroxylation sites is 1. The number of sulfonamides is 1. The average molecular weight is 392 g/mol. The Morgan fingerprint density at radius 1 is 0.963 bits per heavy atom. The second-order valence-electron chi connectivity index (χ2n) is 5.94. The highest BCUT2D eigenvalue weighted by atomic mass is 32.2. The van der Waals surface area contributed by atoms with Gasteiger partial charge < -0.3 is 14.8 Å². The Labute approximate surface area is 159 Å². The molecule has 2 rings (SSSR count). The van der Waals surface area contributed by atoms with Crippen LogP contribution in [-0.2, 0) is 10.0 Å². The molecule has 0 radical (unpaired) electrons. The number of hydrogen-bond acceptors (Lipinski definition) is 5. The largest absolute Gasteiger partial charge is 0.496 e. The number of carbonyl (C=O) groups excluding carboxylic acids is 1. The lowest BCUT2D eigenvalue weighted by Gasteiger charge is -2.13. The first-order valence-corrected chi connectivity index (χ1v) is 9.84. The molecular weight excluding hydrogens is 368 g/mol. The summed E-state index contributed by atoms with van der Waals surface area (Å²) in [4.78, 5) is 12.3. The summed E-state index contributed by atoms with van der Waals surface area (Å²) in [6.45, 7) is 3.89. The van der Waals surface area contributed by atoms with Gasteiger partial charge in [0.25, 0.3) is 5.91 Å². The van der Waals surface area contributed by atoms with Crippen molar-refractivity contribution in [2.75, 3.05) is 27.3 Å². The number of rotatable bonds is 8. The van der Waals surface area contributed by atoms with Gasteiger partial charge in [0.05, 0.1) is 19.8 Å². The maximum absolute atomic E-state index is 12.6. The van der Waals surface area contributed by atoms with Crippen LogP contribution >= 0.6 is 0 Å². The molecule has 0 aromatic heterocycles. The van der Waals surface area contributed by atoms with E-state index < -0.39 is 10.0 Å². The monoisotopic (exact) mass is 392 g/mol. The molecule has 8 heteroatoms. The molecular formula is C19H24N2O5S. The molecule has 2 aromatic rings. The molecule has 0 saturated heterocycles. The summed E-state index contributed by atoms with van der Waals surface area (Å²) >= 11 is 0. The summed E-state index contributed by atoms with van der Waals surface area (Å²) < 4.78 is 37.9. The lowest BCUT2D eigenvalue weighted by atomic mass is 10.1. The quantitative estimate of drug-likeness (QED) is 0.671. The van der Waals surface area contributed by atoms with Crippen LogP contribution in [0.1, 0.15) is 21.5 Å². The third-order valence-electron chi connectivity index (χ3n) is 4.12. The zero-order valence-corrected chi connectivity index (χ0v) is 16.6. The van der Waals surface area contributed by atoms with Crippen LogP contribution in [0, 0.1) is 13.8 Å². The maximum atomic E-state index is 12.6. The van der Waals surface area contributed by atoms with Crippen LogP contribution in [0.5, 0.6) is 11.5 Å². The van der Waals surface area contributed by atoms with E-state index >= 15 is 0 Å². The van der Waals surface area contributed by atoms with Crippen molar-refractivity contribution in [2.45, 2.75) is 18.7 Å². The van der Waals surface area contributed by atoms with Crippen molar-refractivity contribution in [1.29, 1.82) is 0 Å². The molecule has 0 aliphatic heterocycles. The maximum Gasteiger partial charge on any atom is 0.255 e. The van der Waals surface area contributed by atoms with E-state index in [-0.39, 0.29) is 29.6 Å². The smallest absolute Gasteiger partial charge is 0.255 e. The van der Waals surface area contributed by atoms with Crippen LogP contribution in [-0.4, -0.2) is 41.6 Å². The first kappa shape index (κ1) is 20.7. The van der Waals surface area contributed by atoms with E-state index in [9.17, 15) is 13.2 Å². The minimum Gasteiger partial charge on any atom is -0.496 e. The van der Waals surface area contributed by atoms with Crippen LogP contribution in [0.15, 0.2) is 41.3 Å². The Kier molecular flexibility index (Phi) is 6.81. The molecule has 2 aromatic carbocycles. The zero-order chi connectivity index (χ0) is 20.0. The summed E-state index contributed by atoms with van der Waals surface area (Å²) in [6.07, 6.45) is 0. The fourth-order valence-electron chi connectivity index (χ4n) is 2.50. The van der Waals surface area contributed by atoms with Crippen LogP contribution in [0.4, 0.5) is 0 Å². The van der Waals surface area contributed by atoms with E-state index in [1.54, 1.807) is 36.4 Å². The third-order valence-corrected chi connectivity index (χ3v) is 5.61. The van der Waals surface area contributed by atoms with Crippen molar-refractivity contribution < 1.29 is 22.7 Å². The summed E-state index contributed by atoms with van der Waals surface area (Å²) in [5, 5.41) is 2.67. The number of amides is 1. The Morgan fingerprint density at radius 2 is 1.59 bits per heavy atom. The summed E-state index contributed by atoms with van der Waals surface area (Å²) in [6, 6.07) is 10.1. The van der Waals surface area contributed by atoms with E-state index in [2.05, 4.69) is 10.0 Å². The van der Waals surface area contributed by atoms with E-state index in [0.717, 1.165) is 11.1 Å². The molecule has 0 bridgehead atoms. The molecule has 0 aliphatic rings. The van der Waals surface area contributed by atoms with Gasteiger partial charge in [-0.3, -0.25) is 4.79 Å². The third kappa shape index (κ3) is 4.99. The Hall–Kier alpha value is -2.58. The number of carbonyl (C=O) groups is 1. The van der Waals surface area contributed by atoms with Gasteiger partial charge in [-0.1, -0.05) is 12.1 Å². The molecule has 0 fully saturated rings. The second-order valence-corrected chi connectivity index (χ2v) is 7.68. The minimum absolute atomic E-state index is 0.0410. The van der Waals surface area contributed by atoms with Gasteiger partial charge in [0.15, 0.2) is 0 Å². The van der Waals surface area contributed by atoms with Crippen molar-refractivity contribution in [2.24, 2.45) is 0 Å². The van der Waals surface area contributed by atoms with Crippen LogP contribution in [0.25, 0.3) is 0 Å². The van der Waals surface area contributed by atoms with Crippen molar-refractivity contribution >= 4 is 15.9 Å². The lowest BCUT2D eigenvalue weighted by Crippen LogP contribution is -2.35. The van der Waals surface area contributed by atoms with E-state index in [1.165, 1.54) is 14.2 Å². The SMILES string of the molecule is COc1ccccc1C(=O)NCCNS(=O)(=O)c1cc(C)c(C)cc1OC. The summed E-state index contributed by atoms with van der Waals surface area (Å²) in [7, 11) is -0.858. The molecule has 0 aliphatic carbocycles. The number of aryl methyl sites for hydroxylation is 2. The number of benzene rings is 2. The van der Waals surface area contributed by atoms with Crippen molar-refractivity contribution in [3.63, 3.8) is 0 Å². The van der Waals surface area contributed by atoms with Gasteiger partial charge in [0.1, 0.15) is 16.4 Å². The highest BCUT2D eigenvalue weighted by Gasteiger charge is 2.20. The number of ether oxygens (including phenoxy) is 2. The lowest BCUT2D eigenvalue weighted by molar-refractivity contribution is 0.0951. The van der Waals surface area contributed by atoms with E-state index in [1.807, 2.05) is 13.8 Å². The molecule has 0 unspecified atom stereocenters. The normalized spacial score (nSPS) is 11.1. The van der Waals surface area contributed by atoms with Crippen molar-refractivity contribution in [3.05, 3.63) is 53.1 Å². The van der Waals surface area contributed by atoms with Gasteiger partial charge >= 0.3 is 0 Å². The van der Waals surface area contributed by atoms with Gasteiger partial charge in [-0.25, -0.2) is 13.1 Å². The van der Waals surface area contributed by atoms with Gasteiger partial charge in [-0.2, -0.15) is 0 Å². The van der Waals surface area contributed by atoms with Gasteiger partial charge in [-0.15, -0.1) is 0 Å². The topological polar surface area (TPSA) is 93.7 Å². The highest BCUT2D eigenvalue weighted by Crippen LogP contribution is 2.27. The van der Waals surface area contributed by atoms with E-state index in [0.29, 0.717) is 11.3 Å². The first-order chi connectivity index (χ1) is 12.8. The predicted molar refractivity (Wildman–Crippen MR) is 103 cm³/mol. The molecule has 0 atom stereocenters. The van der Waals surface area contributed by atoms with Gasteiger partial charge in [-0.05, 0) is 49.2 Å². The molecule has 0 saturated carbocycles. The average Bonchev–Trinajstić information content (AvgIpc) is 2.66. The van der Waals surface area contributed by atoms with Crippen LogP contribution in [0.2, 0.25) is 0 Å². The summed E-state index contributed by atoms with van der Waals surface area (Å²) in [5.41, 5.74) is 2.18. The molecule has 2 N–H and O–H groups in total. The summed E-state index contributed by atoms with van der Waals surface area (Å²) in [5.74, 6) is 0.398. The number of methoxy groups -OCH3 is 2. The molecule has 0 heterocycles. The van der Waals surface area contributed by atoms with Crippen molar-refractivity contribution in [1.82, 2.24) is 10.0 Å². The molecule has 7 nitrogen and oxygen atoms in total. The van der Waals surface area contributed by atoms with E-state index in [4.69, 9.17) is 9.47 Å². The van der Waals surface area contributed by atoms with Gasteiger partial charge in [0, 0.05) is 13.1 Å². The van der Waals surface area contributed by atoms with Crippen molar-refractivity contribution in [3.8, 4) is 11.5 Å². The predicted octanol–water partition coefficient (Wildman–Crippen LogP) is 2.03. The molecule has 27 heavy (non-hydrogen) atoms. The standard InChI is InChI=1S/C19H24N2O5S/c1-13-11-17(26-4)18(12-14(13)2)27(23,24)21-10-9-20-19(22)15-7-5-6-8-16(15)25-3/h5-8,11-12,21H,9-10H2,1-4H3,(H,20,22). The molecule has 0 spiro atoms. The molecule has 1 amide bonds. The van der Waals surface area contributed by atoms with Gasteiger partial charge in [0.2, 0.25) is 10.0 Å². The van der Waals surface area contributed by atoms with Crippen LogP contribution < -0.4 is 19.5 Å². The fraction of sp³-hybridized carbons (Fsp3) is 0.316. The minimum atomic E-state index is -3.77. The Morgan fingerprint density at radius 3 is 2.26 bits per heavy atom. The Balaban J connectivity index is 2.00. The Bertz CT molecular complexity index is 926. The second kappa shape index (κ2) is 8.88. The fourth-order valence-corrected chi connectivity index (χ4v) is 3.76. The highest BCUT2D eigenvalue weighted by molar-refractivity contribution is 7.89. The molecule has 146 valence electrons. The first-order valence-electron chi connectivity index (χ1n) is 8.36. The number of hydrogen-bond donors (Lipinski definition) is 2. The zero-order valence-electron chi connectivity index (χ0n) is 15.8.